The molecule has 0 saturated heterocycles. The number of hydrogen-bond acceptors (Lipinski definition) is 3. The van der Waals surface area contributed by atoms with Crippen LogP contribution in [0.15, 0.2) is 48.5 Å². The van der Waals surface area contributed by atoms with E-state index >= 15 is 0 Å². The van der Waals surface area contributed by atoms with Gasteiger partial charge in [0.1, 0.15) is 17.3 Å². The smallest absolute Gasteiger partial charge is 0.226 e. The van der Waals surface area contributed by atoms with Crippen LogP contribution >= 0.6 is 0 Å². The summed E-state index contributed by atoms with van der Waals surface area (Å²) >= 11 is 0. The second-order valence-corrected chi connectivity index (χ2v) is 6.39. The van der Waals surface area contributed by atoms with Crippen LogP contribution in [0, 0.1) is 18.6 Å². The molecule has 0 aliphatic carbocycles. The Labute approximate surface area is 153 Å². The first-order valence-electron chi connectivity index (χ1n) is 8.39. The third-order valence-corrected chi connectivity index (χ3v) is 4.62. The molecule has 2 heterocycles. The molecule has 1 aromatic heterocycles. The van der Waals surface area contributed by atoms with Crippen molar-refractivity contribution >= 4 is 17.5 Å². The van der Waals surface area contributed by atoms with Gasteiger partial charge in [-0.1, -0.05) is 30.3 Å². The van der Waals surface area contributed by atoms with Crippen LogP contribution < -0.4 is 5.32 Å². The number of Topliss-reactive ketones (excluding diaryl/α,β-unsaturated/α-hetero) is 1. The van der Waals surface area contributed by atoms with E-state index in [0.717, 1.165) is 12.1 Å². The zero-order valence-corrected chi connectivity index (χ0v) is 14.4. The lowest BCUT2D eigenvalue weighted by Crippen LogP contribution is -2.28. The fourth-order valence-electron chi connectivity index (χ4n) is 3.40. The van der Waals surface area contributed by atoms with Gasteiger partial charge in [0.2, 0.25) is 5.91 Å². The summed E-state index contributed by atoms with van der Waals surface area (Å²) in [5.74, 6) is -2.56. The van der Waals surface area contributed by atoms with Crippen molar-refractivity contribution in [2.75, 3.05) is 5.32 Å². The van der Waals surface area contributed by atoms with Crippen LogP contribution in [0.1, 0.15) is 34.0 Å². The summed E-state index contributed by atoms with van der Waals surface area (Å²) in [7, 11) is 0. The van der Waals surface area contributed by atoms with Gasteiger partial charge in [-0.05, 0) is 19.1 Å². The molecule has 1 aliphatic rings. The molecule has 0 spiro atoms. The summed E-state index contributed by atoms with van der Waals surface area (Å²) in [6, 6.07) is 11.8. The Morgan fingerprint density at radius 1 is 1.19 bits per heavy atom. The molecule has 136 valence electrons. The third kappa shape index (κ3) is 2.91. The number of hydrogen-bond donors (Lipinski definition) is 1. The summed E-state index contributed by atoms with van der Waals surface area (Å²) in [4.78, 5) is 25.2. The minimum absolute atomic E-state index is 0.00569. The van der Waals surface area contributed by atoms with Crippen LogP contribution in [-0.4, -0.2) is 21.5 Å². The minimum Gasteiger partial charge on any atom is -0.310 e. The molecule has 1 atom stereocenters. The molecule has 0 saturated carbocycles. The van der Waals surface area contributed by atoms with E-state index in [0.29, 0.717) is 16.8 Å². The molecular formula is C20H15F2N3O2. The van der Waals surface area contributed by atoms with Gasteiger partial charge in [0, 0.05) is 23.6 Å². The topological polar surface area (TPSA) is 64.0 Å². The van der Waals surface area contributed by atoms with E-state index in [2.05, 4.69) is 10.4 Å². The van der Waals surface area contributed by atoms with Crippen molar-refractivity contribution < 1.29 is 18.4 Å². The van der Waals surface area contributed by atoms with Gasteiger partial charge >= 0.3 is 0 Å². The molecule has 4 rings (SSSR count). The van der Waals surface area contributed by atoms with E-state index in [9.17, 15) is 18.4 Å². The van der Waals surface area contributed by atoms with Gasteiger partial charge in [-0.2, -0.15) is 5.10 Å². The van der Waals surface area contributed by atoms with Crippen molar-refractivity contribution in [2.45, 2.75) is 19.3 Å². The molecule has 1 N–H and O–H groups in total. The number of benzene rings is 2. The molecule has 2 aromatic carbocycles. The van der Waals surface area contributed by atoms with Gasteiger partial charge in [-0.25, -0.2) is 13.5 Å². The average molecular weight is 367 g/mol. The molecule has 1 amide bonds. The maximum Gasteiger partial charge on any atom is 0.226 e. The van der Waals surface area contributed by atoms with Crippen molar-refractivity contribution in [2.24, 2.45) is 0 Å². The lowest BCUT2D eigenvalue weighted by molar-refractivity contribution is -0.116. The number of carbonyl (C=O) groups is 2. The van der Waals surface area contributed by atoms with Crippen molar-refractivity contribution in [1.82, 2.24) is 9.78 Å². The van der Waals surface area contributed by atoms with Gasteiger partial charge in [0.25, 0.3) is 0 Å². The maximum absolute atomic E-state index is 14.3. The van der Waals surface area contributed by atoms with Crippen LogP contribution in [-0.2, 0) is 4.79 Å². The predicted molar refractivity (Wildman–Crippen MR) is 95.0 cm³/mol. The summed E-state index contributed by atoms with van der Waals surface area (Å²) < 4.78 is 28.7. The number of fused-ring (bicyclic) bond motifs is 1. The number of amides is 1. The standard InChI is InChI=1S/C20H15F2N3O2/c1-11-18-14(19(27)12-5-3-2-4-6-12)10-17(26)23-20(18)25(24-11)16-8-7-13(21)9-15(16)22/h2-9,14H,10H2,1H3,(H,23,26)/t14-/m0/s1. The van der Waals surface area contributed by atoms with E-state index in [4.69, 9.17) is 0 Å². The minimum atomic E-state index is -0.814. The first-order chi connectivity index (χ1) is 13.0. The number of carbonyl (C=O) groups excluding carboxylic acids is 2. The Hall–Kier alpha value is -3.35. The van der Waals surface area contributed by atoms with E-state index in [1.807, 2.05) is 0 Å². The second kappa shape index (κ2) is 6.42. The van der Waals surface area contributed by atoms with Crippen LogP contribution in [0.4, 0.5) is 14.6 Å². The molecular weight excluding hydrogens is 352 g/mol. The summed E-state index contributed by atoms with van der Waals surface area (Å²) in [6.45, 7) is 1.69. The lowest BCUT2D eigenvalue weighted by atomic mass is 9.85. The first kappa shape index (κ1) is 17.1. The fourth-order valence-corrected chi connectivity index (χ4v) is 3.40. The fraction of sp³-hybridized carbons (Fsp3) is 0.150. The number of nitrogens with one attached hydrogen (secondary N) is 1. The first-order valence-corrected chi connectivity index (χ1v) is 8.39. The van der Waals surface area contributed by atoms with Gasteiger partial charge in [0.15, 0.2) is 11.6 Å². The maximum atomic E-state index is 14.3. The van der Waals surface area contributed by atoms with Gasteiger partial charge in [-0.15, -0.1) is 0 Å². The third-order valence-electron chi connectivity index (χ3n) is 4.62. The zero-order valence-electron chi connectivity index (χ0n) is 14.4. The molecule has 3 aromatic rings. The SMILES string of the molecule is Cc1nn(-c2ccc(F)cc2F)c2c1[C@@H](C(=O)c1ccccc1)CC(=O)N2. The number of halogens is 2. The Kier molecular flexibility index (Phi) is 4.07. The van der Waals surface area contributed by atoms with E-state index < -0.39 is 17.6 Å². The molecule has 0 fully saturated rings. The van der Waals surface area contributed by atoms with Crippen molar-refractivity contribution in [3.05, 3.63) is 77.0 Å². The van der Waals surface area contributed by atoms with Gasteiger partial charge in [-0.3, -0.25) is 9.59 Å². The molecule has 0 unspecified atom stereocenters. The molecule has 0 radical (unpaired) electrons. The number of rotatable bonds is 3. The van der Waals surface area contributed by atoms with Crippen LogP contribution in [0.25, 0.3) is 5.69 Å². The zero-order chi connectivity index (χ0) is 19.1. The summed E-state index contributed by atoms with van der Waals surface area (Å²) in [5, 5.41) is 6.98. The number of ketones is 1. The highest BCUT2D eigenvalue weighted by molar-refractivity contribution is 6.07. The Morgan fingerprint density at radius 3 is 2.63 bits per heavy atom. The Bertz CT molecular complexity index is 1060. The highest BCUT2D eigenvalue weighted by Gasteiger charge is 2.36. The van der Waals surface area contributed by atoms with Gasteiger partial charge in [0.05, 0.1) is 11.6 Å². The second-order valence-electron chi connectivity index (χ2n) is 6.39. The average Bonchev–Trinajstić information content (AvgIpc) is 2.97. The highest BCUT2D eigenvalue weighted by Crippen LogP contribution is 2.38. The number of aromatic nitrogens is 2. The summed E-state index contributed by atoms with van der Waals surface area (Å²) in [5.41, 5.74) is 1.53. The van der Waals surface area contributed by atoms with E-state index in [1.54, 1.807) is 37.3 Å². The quantitative estimate of drug-likeness (QED) is 0.717. The van der Waals surface area contributed by atoms with E-state index in [-0.39, 0.29) is 29.6 Å². The number of anilines is 1. The molecule has 0 bridgehead atoms. The highest BCUT2D eigenvalue weighted by atomic mass is 19.1. The molecule has 5 nitrogen and oxygen atoms in total. The van der Waals surface area contributed by atoms with E-state index in [1.165, 1.54) is 10.7 Å². The summed E-state index contributed by atoms with van der Waals surface area (Å²) in [6.07, 6.45) is -0.0147. The van der Waals surface area contributed by atoms with Crippen LogP contribution in [0.5, 0.6) is 0 Å². The molecule has 27 heavy (non-hydrogen) atoms. The predicted octanol–water partition coefficient (Wildman–Crippen LogP) is 3.77. The Morgan fingerprint density at radius 2 is 1.93 bits per heavy atom. The normalized spacial score (nSPS) is 16.0. The Balaban J connectivity index is 1.85. The number of nitrogens with zero attached hydrogens (tertiary/aromatic N) is 2. The monoisotopic (exact) mass is 367 g/mol. The van der Waals surface area contributed by atoms with Crippen molar-refractivity contribution in [3.63, 3.8) is 0 Å². The van der Waals surface area contributed by atoms with Crippen LogP contribution in [0.2, 0.25) is 0 Å². The van der Waals surface area contributed by atoms with Crippen LogP contribution in [0.3, 0.4) is 0 Å². The van der Waals surface area contributed by atoms with Crippen molar-refractivity contribution in [3.8, 4) is 5.69 Å². The van der Waals surface area contributed by atoms with Crippen molar-refractivity contribution in [1.29, 1.82) is 0 Å². The number of aryl methyl sites for hydroxylation is 1. The molecule has 1 aliphatic heterocycles. The molecule has 7 heteroatoms. The van der Waals surface area contributed by atoms with Gasteiger partial charge < -0.3 is 5.32 Å². The largest absolute Gasteiger partial charge is 0.310 e. The lowest BCUT2D eigenvalue weighted by Gasteiger charge is -2.23.